The van der Waals surface area contributed by atoms with Crippen molar-refractivity contribution in [1.82, 2.24) is 14.5 Å². The van der Waals surface area contributed by atoms with Crippen LogP contribution < -0.4 is 11.3 Å². The average molecular weight is 374 g/mol. The lowest BCUT2D eigenvalue weighted by molar-refractivity contribution is -0.129. The van der Waals surface area contributed by atoms with Crippen molar-refractivity contribution >= 4 is 23.6 Å². The van der Waals surface area contributed by atoms with Crippen molar-refractivity contribution in [3.05, 3.63) is 58.5 Å². The van der Waals surface area contributed by atoms with Crippen molar-refractivity contribution in [1.29, 1.82) is 0 Å². The fraction of sp³-hybridized carbons (Fsp3) is 0.333. The third-order valence-electron chi connectivity index (χ3n) is 3.71. The van der Waals surface area contributed by atoms with Gasteiger partial charge in [-0.25, -0.2) is 0 Å². The summed E-state index contributed by atoms with van der Waals surface area (Å²) in [6.45, 7) is 3.24. The standard InChI is InChI=1S/C18H22N4O3S/c1-2-21-11-9-16(24)20-18(21)26-13-17(25)22(10-8-15(19)23)12-14-6-4-3-5-7-14/h3-7,9,11H,2,8,10,12-13H2,1H3,(H2,19,23). The third kappa shape index (κ3) is 6.03. The van der Waals surface area contributed by atoms with Gasteiger partial charge in [0.2, 0.25) is 11.8 Å². The number of benzene rings is 1. The Morgan fingerprint density at radius 2 is 1.96 bits per heavy atom. The Bertz CT molecular complexity index is 808. The lowest BCUT2D eigenvalue weighted by Gasteiger charge is -2.22. The number of nitrogens with zero attached hydrogens (tertiary/aromatic N) is 3. The third-order valence-corrected chi connectivity index (χ3v) is 4.69. The summed E-state index contributed by atoms with van der Waals surface area (Å²) < 4.78 is 1.81. The molecule has 2 amide bonds. The number of rotatable bonds is 9. The monoisotopic (exact) mass is 374 g/mol. The van der Waals surface area contributed by atoms with Crippen molar-refractivity contribution < 1.29 is 9.59 Å². The Balaban J connectivity index is 2.06. The molecule has 0 aliphatic carbocycles. The molecule has 0 saturated heterocycles. The predicted octanol–water partition coefficient (Wildman–Crippen LogP) is 1.26. The average Bonchev–Trinajstić information content (AvgIpc) is 2.64. The number of aryl methyl sites for hydroxylation is 1. The van der Waals surface area contributed by atoms with Gasteiger partial charge in [-0.1, -0.05) is 42.1 Å². The van der Waals surface area contributed by atoms with Crippen molar-refractivity contribution in [2.24, 2.45) is 5.73 Å². The maximum Gasteiger partial charge on any atom is 0.273 e. The number of hydrogen-bond acceptors (Lipinski definition) is 5. The highest BCUT2D eigenvalue weighted by molar-refractivity contribution is 7.99. The molecule has 0 aliphatic rings. The molecule has 2 aromatic rings. The first-order valence-corrected chi connectivity index (χ1v) is 9.28. The zero-order valence-electron chi connectivity index (χ0n) is 14.6. The summed E-state index contributed by atoms with van der Waals surface area (Å²) in [5.41, 5.74) is 5.86. The molecule has 0 radical (unpaired) electrons. The molecule has 0 saturated carbocycles. The fourth-order valence-electron chi connectivity index (χ4n) is 2.33. The molecule has 1 heterocycles. The normalized spacial score (nSPS) is 10.5. The molecular formula is C18H22N4O3S. The van der Waals surface area contributed by atoms with Gasteiger partial charge in [0.25, 0.3) is 5.56 Å². The van der Waals surface area contributed by atoms with Crippen LogP contribution in [0.15, 0.2) is 52.5 Å². The smallest absolute Gasteiger partial charge is 0.273 e. The molecule has 0 spiro atoms. The molecule has 1 aromatic heterocycles. The molecule has 2 N–H and O–H groups in total. The number of nitrogens with two attached hydrogens (primary N) is 1. The summed E-state index contributed by atoms with van der Waals surface area (Å²) in [7, 11) is 0. The van der Waals surface area contributed by atoms with Crippen molar-refractivity contribution in [2.75, 3.05) is 12.3 Å². The maximum absolute atomic E-state index is 12.7. The minimum atomic E-state index is -0.451. The van der Waals surface area contributed by atoms with E-state index in [4.69, 9.17) is 5.73 Å². The van der Waals surface area contributed by atoms with E-state index in [0.717, 1.165) is 5.56 Å². The first-order chi connectivity index (χ1) is 12.5. The minimum absolute atomic E-state index is 0.104. The molecule has 0 aliphatic heterocycles. The van der Waals surface area contributed by atoms with Gasteiger partial charge in [0.15, 0.2) is 5.16 Å². The number of aromatic nitrogens is 2. The molecule has 26 heavy (non-hydrogen) atoms. The summed E-state index contributed by atoms with van der Waals surface area (Å²) >= 11 is 1.21. The van der Waals surface area contributed by atoms with Gasteiger partial charge in [-0.2, -0.15) is 4.98 Å². The highest BCUT2D eigenvalue weighted by atomic mass is 32.2. The molecule has 0 bridgehead atoms. The largest absolute Gasteiger partial charge is 0.370 e. The molecule has 0 unspecified atom stereocenters. The van der Waals surface area contributed by atoms with Crippen LogP contribution in [-0.2, 0) is 22.7 Å². The highest BCUT2D eigenvalue weighted by Gasteiger charge is 2.16. The maximum atomic E-state index is 12.7. The highest BCUT2D eigenvalue weighted by Crippen LogP contribution is 2.16. The summed E-state index contributed by atoms with van der Waals surface area (Å²) in [6, 6.07) is 10.9. The molecule has 0 atom stereocenters. The fourth-order valence-corrected chi connectivity index (χ4v) is 3.27. The zero-order chi connectivity index (χ0) is 18.9. The number of amides is 2. The van der Waals surface area contributed by atoms with Gasteiger partial charge in [0, 0.05) is 38.3 Å². The molecule has 0 fully saturated rings. The van der Waals surface area contributed by atoms with Crippen LogP contribution in [0.5, 0.6) is 0 Å². The van der Waals surface area contributed by atoms with Crippen molar-refractivity contribution in [3.63, 3.8) is 0 Å². The Hall–Kier alpha value is -2.61. The Morgan fingerprint density at radius 3 is 2.62 bits per heavy atom. The number of hydrogen-bond donors (Lipinski definition) is 1. The summed E-state index contributed by atoms with van der Waals surface area (Å²) in [4.78, 5) is 40.8. The van der Waals surface area contributed by atoms with Crippen molar-refractivity contribution in [2.45, 2.75) is 31.6 Å². The summed E-state index contributed by atoms with van der Waals surface area (Å²) in [5, 5.41) is 0.503. The van der Waals surface area contributed by atoms with Gasteiger partial charge in [0.05, 0.1) is 5.75 Å². The van der Waals surface area contributed by atoms with E-state index < -0.39 is 5.91 Å². The van der Waals surface area contributed by atoms with Crippen LogP contribution in [-0.4, -0.2) is 38.6 Å². The quantitative estimate of drug-likeness (QED) is 0.526. The molecule has 138 valence electrons. The van der Waals surface area contributed by atoms with Gasteiger partial charge < -0.3 is 15.2 Å². The molecule has 2 rings (SSSR count). The van der Waals surface area contributed by atoms with Gasteiger partial charge in [-0.05, 0) is 12.5 Å². The van der Waals surface area contributed by atoms with Gasteiger partial charge in [-0.3, -0.25) is 14.4 Å². The first-order valence-electron chi connectivity index (χ1n) is 8.30. The van der Waals surface area contributed by atoms with Crippen molar-refractivity contribution in [3.8, 4) is 0 Å². The SMILES string of the molecule is CCn1ccc(=O)nc1SCC(=O)N(CCC(N)=O)Cc1ccccc1. The summed E-state index contributed by atoms with van der Waals surface area (Å²) in [6.07, 6.45) is 1.77. The second-order valence-electron chi connectivity index (χ2n) is 5.64. The van der Waals surface area contributed by atoms with Crippen LogP contribution in [0.2, 0.25) is 0 Å². The predicted molar refractivity (Wildman–Crippen MR) is 101 cm³/mol. The van der Waals surface area contributed by atoms with E-state index in [9.17, 15) is 14.4 Å². The lowest BCUT2D eigenvalue weighted by Crippen LogP contribution is -2.35. The van der Waals surface area contributed by atoms with Crippen LogP contribution >= 0.6 is 11.8 Å². The number of carbonyl (C=O) groups is 2. The van der Waals surface area contributed by atoms with E-state index in [0.29, 0.717) is 18.2 Å². The Morgan fingerprint density at radius 1 is 1.23 bits per heavy atom. The van der Waals surface area contributed by atoms with Gasteiger partial charge >= 0.3 is 0 Å². The van der Waals surface area contributed by atoms with Crippen LogP contribution in [0.1, 0.15) is 18.9 Å². The van der Waals surface area contributed by atoms with E-state index in [1.165, 1.54) is 17.8 Å². The van der Waals surface area contributed by atoms with Crippen LogP contribution in [0, 0.1) is 0 Å². The van der Waals surface area contributed by atoms with Crippen LogP contribution in [0.25, 0.3) is 0 Å². The Labute approximate surface area is 156 Å². The first kappa shape index (κ1) is 19.7. The minimum Gasteiger partial charge on any atom is -0.370 e. The second-order valence-corrected chi connectivity index (χ2v) is 6.58. The number of thioether (sulfide) groups is 1. The number of primary amides is 1. The van der Waals surface area contributed by atoms with E-state index in [-0.39, 0.29) is 30.2 Å². The van der Waals surface area contributed by atoms with Gasteiger partial charge in [-0.15, -0.1) is 0 Å². The second kappa shape index (κ2) is 9.76. The molecular weight excluding hydrogens is 352 g/mol. The van der Waals surface area contributed by atoms with E-state index in [1.54, 1.807) is 11.1 Å². The molecule has 1 aromatic carbocycles. The summed E-state index contributed by atoms with van der Waals surface area (Å²) in [5.74, 6) is -0.462. The van der Waals surface area contributed by atoms with E-state index in [1.807, 2.05) is 41.8 Å². The topological polar surface area (TPSA) is 98.3 Å². The van der Waals surface area contributed by atoms with E-state index >= 15 is 0 Å². The number of carbonyl (C=O) groups excluding carboxylic acids is 2. The van der Waals surface area contributed by atoms with Crippen LogP contribution in [0.4, 0.5) is 0 Å². The molecule has 7 nitrogen and oxygen atoms in total. The zero-order valence-corrected chi connectivity index (χ0v) is 15.4. The Kier molecular flexibility index (Phi) is 7.40. The van der Waals surface area contributed by atoms with Crippen LogP contribution in [0.3, 0.4) is 0 Å². The molecule has 8 heteroatoms. The van der Waals surface area contributed by atoms with E-state index in [2.05, 4.69) is 4.98 Å². The lowest BCUT2D eigenvalue weighted by atomic mass is 10.2. The van der Waals surface area contributed by atoms with Gasteiger partial charge in [0.1, 0.15) is 0 Å².